The van der Waals surface area contributed by atoms with Gasteiger partial charge in [-0.2, -0.15) is 5.10 Å². The number of nitrogens with two attached hydrogens (primary N) is 1. The molecule has 0 aliphatic carbocycles. The zero-order chi connectivity index (χ0) is 12.3. The summed E-state index contributed by atoms with van der Waals surface area (Å²) in [4.78, 5) is 15.1. The number of hydrogen-bond donors (Lipinski definition) is 2. The zero-order valence-corrected chi connectivity index (χ0v) is 9.60. The van der Waals surface area contributed by atoms with Crippen molar-refractivity contribution in [2.24, 2.45) is 5.73 Å². The number of rotatable bonds is 4. The summed E-state index contributed by atoms with van der Waals surface area (Å²) < 4.78 is 0. The first-order valence-corrected chi connectivity index (χ1v) is 5.42. The molecule has 0 unspecified atom stereocenters. The summed E-state index contributed by atoms with van der Waals surface area (Å²) >= 11 is 0. The van der Waals surface area contributed by atoms with Gasteiger partial charge in [0.15, 0.2) is 0 Å². The van der Waals surface area contributed by atoms with Crippen LogP contribution in [0.2, 0.25) is 0 Å². The van der Waals surface area contributed by atoms with E-state index in [9.17, 15) is 4.79 Å². The molecule has 1 amide bonds. The lowest BCUT2D eigenvalue weighted by Gasteiger charge is -2.01. The van der Waals surface area contributed by atoms with Gasteiger partial charge in [0.1, 0.15) is 5.69 Å². The van der Waals surface area contributed by atoms with E-state index in [1.54, 1.807) is 6.20 Å². The normalized spacial score (nSPS) is 10.4. The number of nitrogens with zero attached hydrogens (tertiary/aromatic N) is 2. The highest BCUT2D eigenvalue weighted by molar-refractivity contribution is 5.74. The lowest BCUT2D eigenvalue weighted by Crippen LogP contribution is -2.11. The third-order valence-electron chi connectivity index (χ3n) is 2.60. The number of aryl methyl sites for hydroxylation is 1. The van der Waals surface area contributed by atoms with Gasteiger partial charge >= 0.3 is 0 Å². The van der Waals surface area contributed by atoms with Gasteiger partial charge in [0, 0.05) is 23.9 Å². The molecule has 0 bridgehead atoms. The standard InChI is InChI=1S/C12H14N4O/c1-8-9(5-6-11(13)17)12(16-15-8)10-4-2-3-7-14-10/h2-4,7H,5-6H2,1H3,(H2,13,17)(H,15,16). The molecule has 0 spiro atoms. The SMILES string of the molecule is Cc1[nH]nc(-c2ccccn2)c1CCC(N)=O. The predicted octanol–water partition coefficient (Wildman–Crippen LogP) is 1.20. The lowest BCUT2D eigenvalue weighted by molar-refractivity contribution is -0.117. The number of carbonyl (C=O) groups excluding carboxylic acids is 1. The Labute approximate surface area is 99.1 Å². The fourth-order valence-electron chi connectivity index (χ4n) is 1.72. The minimum Gasteiger partial charge on any atom is -0.370 e. The Balaban J connectivity index is 2.32. The first kappa shape index (κ1) is 11.3. The molecule has 0 atom stereocenters. The van der Waals surface area contributed by atoms with Crippen molar-refractivity contribution in [3.63, 3.8) is 0 Å². The Kier molecular flexibility index (Phi) is 3.18. The van der Waals surface area contributed by atoms with Gasteiger partial charge in [-0.05, 0) is 25.5 Å². The second kappa shape index (κ2) is 4.78. The number of primary amides is 1. The van der Waals surface area contributed by atoms with Crippen molar-refractivity contribution in [2.75, 3.05) is 0 Å². The third-order valence-corrected chi connectivity index (χ3v) is 2.60. The summed E-state index contributed by atoms with van der Waals surface area (Å²) in [7, 11) is 0. The number of hydrogen-bond acceptors (Lipinski definition) is 3. The van der Waals surface area contributed by atoms with Crippen molar-refractivity contribution in [1.82, 2.24) is 15.2 Å². The van der Waals surface area contributed by atoms with E-state index in [0.29, 0.717) is 12.8 Å². The Morgan fingerprint density at radius 1 is 1.47 bits per heavy atom. The van der Waals surface area contributed by atoms with E-state index in [-0.39, 0.29) is 5.91 Å². The smallest absolute Gasteiger partial charge is 0.217 e. The molecule has 0 saturated carbocycles. The van der Waals surface area contributed by atoms with Crippen LogP contribution in [-0.2, 0) is 11.2 Å². The van der Waals surface area contributed by atoms with E-state index in [1.165, 1.54) is 0 Å². The highest BCUT2D eigenvalue weighted by Crippen LogP contribution is 2.22. The predicted molar refractivity (Wildman–Crippen MR) is 64.1 cm³/mol. The molecule has 0 aliphatic heterocycles. The van der Waals surface area contributed by atoms with Gasteiger partial charge in [-0.15, -0.1) is 0 Å². The van der Waals surface area contributed by atoms with Gasteiger partial charge in [0.2, 0.25) is 5.91 Å². The first-order valence-electron chi connectivity index (χ1n) is 5.42. The molecule has 0 radical (unpaired) electrons. The molecular weight excluding hydrogens is 216 g/mol. The second-order valence-electron chi connectivity index (χ2n) is 3.86. The minimum absolute atomic E-state index is 0.308. The Morgan fingerprint density at radius 2 is 2.29 bits per heavy atom. The first-order chi connectivity index (χ1) is 8.18. The van der Waals surface area contributed by atoms with Crippen molar-refractivity contribution in [3.8, 4) is 11.4 Å². The van der Waals surface area contributed by atoms with Crippen molar-refractivity contribution in [1.29, 1.82) is 0 Å². The maximum absolute atomic E-state index is 10.8. The number of aromatic amines is 1. The Morgan fingerprint density at radius 3 is 2.94 bits per heavy atom. The summed E-state index contributed by atoms with van der Waals surface area (Å²) in [5, 5.41) is 7.14. The van der Waals surface area contributed by atoms with Crippen molar-refractivity contribution < 1.29 is 4.79 Å². The topological polar surface area (TPSA) is 84.7 Å². The van der Waals surface area contributed by atoms with Gasteiger partial charge in [0.05, 0.1) is 5.69 Å². The van der Waals surface area contributed by atoms with Crippen LogP contribution in [0.4, 0.5) is 0 Å². The highest BCUT2D eigenvalue weighted by atomic mass is 16.1. The van der Waals surface area contributed by atoms with Crippen molar-refractivity contribution in [3.05, 3.63) is 35.7 Å². The average molecular weight is 230 g/mol. The number of carbonyl (C=O) groups is 1. The van der Waals surface area contributed by atoms with Crippen LogP contribution < -0.4 is 5.73 Å². The van der Waals surface area contributed by atoms with Gasteiger partial charge in [-0.25, -0.2) is 0 Å². The van der Waals surface area contributed by atoms with Crippen LogP contribution in [0.15, 0.2) is 24.4 Å². The molecule has 5 heteroatoms. The molecule has 2 aromatic rings. The fraction of sp³-hybridized carbons (Fsp3) is 0.250. The second-order valence-corrected chi connectivity index (χ2v) is 3.86. The number of pyridine rings is 1. The van der Waals surface area contributed by atoms with Gasteiger partial charge in [0.25, 0.3) is 0 Å². The molecule has 3 N–H and O–H groups in total. The highest BCUT2D eigenvalue weighted by Gasteiger charge is 2.13. The molecular formula is C12H14N4O. The minimum atomic E-state index is -0.308. The largest absolute Gasteiger partial charge is 0.370 e. The van der Waals surface area contributed by atoms with Crippen molar-refractivity contribution in [2.45, 2.75) is 19.8 Å². The van der Waals surface area contributed by atoms with Crippen LogP contribution in [0.25, 0.3) is 11.4 Å². The van der Waals surface area contributed by atoms with Gasteiger partial charge in [-0.3, -0.25) is 14.9 Å². The molecule has 17 heavy (non-hydrogen) atoms. The maximum atomic E-state index is 10.8. The molecule has 2 rings (SSSR count). The molecule has 88 valence electrons. The van der Waals surface area contributed by atoms with Crippen LogP contribution in [-0.4, -0.2) is 21.1 Å². The number of H-pyrrole nitrogens is 1. The summed E-state index contributed by atoms with van der Waals surface area (Å²) in [6.07, 6.45) is 2.63. The van der Waals surface area contributed by atoms with Crippen LogP contribution in [0, 0.1) is 6.92 Å². The van der Waals surface area contributed by atoms with Crippen LogP contribution >= 0.6 is 0 Å². The van der Waals surface area contributed by atoms with E-state index < -0.39 is 0 Å². The molecule has 0 fully saturated rings. The number of amides is 1. The van der Waals surface area contributed by atoms with Crippen molar-refractivity contribution >= 4 is 5.91 Å². The van der Waals surface area contributed by atoms with Crippen LogP contribution in [0.5, 0.6) is 0 Å². The van der Waals surface area contributed by atoms with E-state index in [2.05, 4.69) is 15.2 Å². The zero-order valence-electron chi connectivity index (χ0n) is 9.60. The molecule has 5 nitrogen and oxygen atoms in total. The van der Waals surface area contributed by atoms with E-state index in [1.807, 2.05) is 25.1 Å². The summed E-state index contributed by atoms with van der Waals surface area (Å²) in [6, 6.07) is 5.65. The average Bonchev–Trinajstić information content (AvgIpc) is 2.69. The molecule has 0 aliphatic rings. The van der Waals surface area contributed by atoms with E-state index in [4.69, 9.17) is 5.73 Å². The van der Waals surface area contributed by atoms with E-state index in [0.717, 1.165) is 22.6 Å². The number of nitrogens with one attached hydrogen (secondary N) is 1. The molecule has 2 aromatic heterocycles. The lowest BCUT2D eigenvalue weighted by atomic mass is 10.1. The molecule has 2 heterocycles. The Bertz CT molecular complexity index is 519. The summed E-state index contributed by atoms with van der Waals surface area (Å²) in [6.45, 7) is 1.93. The summed E-state index contributed by atoms with van der Waals surface area (Å²) in [5.41, 5.74) is 8.71. The maximum Gasteiger partial charge on any atom is 0.217 e. The fourth-order valence-corrected chi connectivity index (χ4v) is 1.72. The van der Waals surface area contributed by atoms with Crippen LogP contribution in [0.3, 0.4) is 0 Å². The Hall–Kier alpha value is -2.17. The monoisotopic (exact) mass is 230 g/mol. The van der Waals surface area contributed by atoms with E-state index >= 15 is 0 Å². The van der Waals surface area contributed by atoms with Gasteiger partial charge in [-0.1, -0.05) is 6.07 Å². The molecule has 0 aromatic carbocycles. The van der Waals surface area contributed by atoms with Gasteiger partial charge < -0.3 is 5.73 Å². The quantitative estimate of drug-likeness (QED) is 0.827. The summed E-state index contributed by atoms with van der Waals surface area (Å²) in [5.74, 6) is -0.308. The molecule has 0 saturated heterocycles. The number of aromatic nitrogens is 3. The van der Waals surface area contributed by atoms with Crippen LogP contribution in [0.1, 0.15) is 17.7 Å². The third kappa shape index (κ3) is 2.50.